The van der Waals surface area contributed by atoms with Crippen LogP contribution in [0.2, 0.25) is 0 Å². The summed E-state index contributed by atoms with van der Waals surface area (Å²) in [7, 11) is 1.91. The molecule has 0 aromatic carbocycles. The summed E-state index contributed by atoms with van der Waals surface area (Å²) in [6.07, 6.45) is 12.2. The lowest BCUT2D eigenvalue weighted by Gasteiger charge is -2.39. The molecule has 0 radical (unpaired) electrons. The summed E-state index contributed by atoms with van der Waals surface area (Å²) in [4.78, 5) is 1.94. The molecule has 3 heteroatoms. The van der Waals surface area contributed by atoms with Crippen LogP contribution in [0, 0.1) is 12.3 Å². The van der Waals surface area contributed by atoms with Crippen LogP contribution in [0.3, 0.4) is 0 Å². The third kappa shape index (κ3) is 2.14. The second-order valence-electron chi connectivity index (χ2n) is 3.74. The first-order chi connectivity index (χ1) is 8.45. The molecule has 0 unspecified atom stereocenters. The highest BCUT2D eigenvalue weighted by Crippen LogP contribution is 2.48. The average Bonchev–Trinajstić information content (AvgIpc) is 2.33. The summed E-state index contributed by atoms with van der Waals surface area (Å²) in [6.45, 7) is 9.45. The first-order valence-corrected chi connectivity index (χ1v) is 6.15. The van der Waals surface area contributed by atoms with Gasteiger partial charge in [0, 0.05) is 29.6 Å². The molecule has 0 aromatic heterocycles. The Labute approximate surface area is 119 Å². The second kappa shape index (κ2) is 5.52. The van der Waals surface area contributed by atoms with Crippen molar-refractivity contribution in [3.05, 3.63) is 60.0 Å². The van der Waals surface area contributed by atoms with Crippen molar-refractivity contribution >= 4 is 23.2 Å². The maximum Gasteiger partial charge on any atom is 0.172 e. The van der Waals surface area contributed by atoms with Crippen LogP contribution in [0.15, 0.2) is 60.0 Å². The minimum atomic E-state index is -1.22. The molecule has 0 saturated heterocycles. The smallest absolute Gasteiger partial charge is 0.172 e. The molecule has 0 saturated carbocycles. The van der Waals surface area contributed by atoms with Crippen molar-refractivity contribution in [1.82, 2.24) is 4.90 Å². The van der Waals surface area contributed by atoms with Gasteiger partial charge in [-0.05, 0) is 19.1 Å². The Morgan fingerprint density at radius 1 is 1.33 bits per heavy atom. The van der Waals surface area contributed by atoms with Crippen molar-refractivity contribution in [1.29, 1.82) is 0 Å². The zero-order chi connectivity index (χ0) is 13.9. The molecule has 0 N–H and O–H groups in total. The highest BCUT2D eigenvalue weighted by atomic mass is 35.5. The standard InChI is InChI=1S/C15H15Cl2N/c1-6-10-12-14(9-4)18(5)13(8-3)11(7-2)15(12,16)17/h1,7-10H,2-3H2,4-5H3/b12-10?,14-9+. The van der Waals surface area contributed by atoms with E-state index in [0.717, 1.165) is 11.4 Å². The van der Waals surface area contributed by atoms with Crippen LogP contribution in [0.4, 0.5) is 0 Å². The van der Waals surface area contributed by atoms with Crippen molar-refractivity contribution in [3.63, 3.8) is 0 Å². The second-order valence-corrected chi connectivity index (χ2v) is 5.07. The molecule has 1 heterocycles. The predicted octanol–water partition coefficient (Wildman–Crippen LogP) is 4.20. The molecule has 0 fully saturated rings. The van der Waals surface area contributed by atoms with Gasteiger partial charge in [0.1, 0.15) is 0 Å². The lowest BCUT2D eigenvalue weighted by molar-refractivity contribution is 0.515. The fraction of sp³-hybridized carbons (Fsp3) is 0.200. The van der Waals surface area contributed by atoms with Gasteiger partial charge in [-0.15, -0.1) is 6.42 Å². The Kier molecular flexibility index (Phi) is 4.51. The monoisotopic (exact) mass is 279 g/mol. The molecule has 0 atom stereocenters. The lowest BCUT2D eigenvalue weighted by atomic mass is 9.93. The molecule has 94 valence electrons. The van der Waals surface area contributed by atoms with Crippen LogP contribution in [0.25, 0.3) is 0 Å². The highest BCUT2D eigenvalue weighted by molar-refractivity contribution is 6.53. The van der Waals surface area contributed by atoms with Crippen LogP contribution < -0.4 is 0 Å². The maximum atomic E-state index is 6.45. The first kappa shape index (κ1) is 14.7. The van der Waals surface area contributed by atoms with Gasteiger partial charge in [0.05, 0.1) is 0 Å². The van der Waals surface area contributed by atoms with Crippen LogP contribution in [-0.2, 0) is 0 Å². The van der Waals surface area contributed by atoms with E-state index in [9.17, 15) is 0 Å². The topological polar surface area (TPSA) is 3.24 Å². The lowest BCUT2D eigenvalue weighted by Crippen LogP contribution is -2.35. The number of terminal acetylenes is 1. The van der Waals surface area contributed by atoms with Crippen molar-refractivity contribution in [2.75, 3.05) is 7.05 Å². The Bertz CT molecular complexity index is 513. The van der Waals surface area contributed by atoms with Crippen LogP contribution in [0.5, 0.6) is 0 Å². The summed E-state index contributed by atoms with van der Waals surface area (Å²) in [5.41, 5.74) is 3.02. The van der Waals surface area contributed by atoms with Gasteiger partial charge >= 0.3 is 0 Å². The zero-order valence-electron chi connectivity index (χ0n) is 10.5. The van der Waals surface area contributed by atoms with Crippen molar-refractivity contribution in [3.8, 4) is 12.3 Å². The van der Waals surface area contributed by atoms with Gasteiger partial charge in [0.15, 0.2) is 4.33 Å². The molecule has 1 rings (SSSR count). The van der Waals surface area contributed by atoms with Gasteiger partial charge in [-0.25, -0.2) is 0 Å². The molecule has 1 aliphatic heterocycles. The number of halogens is 2. The number of allylic oxidation sites excluding steroid dienone is 6. The van der Waals surface area contributed by atoms with E-state index in [1.807, 2.05) is 24.9 Å². The Balaban J connectivity index is 3.70. The fourth-order valence-corrected chi connectivity index (χ4v) is 2.69. The molecule has 0 bridgehead atoms. The number of nitrogens with zero attached hydrogens (tertiary/aromatic N) is 1. The van der Waals surface area contributed by atoms with Gasteiger partial charge < -0.3 is 4.90 Å². The number of hydrogen-bond acceptors (Lipinski definition) is 1. The molecule has 0 amide bonds. The van der Waals surface area contributed by atoms with Crippen molar-refractivity contribution < 1.29 is 0 Å². The Morgan fingerprint density at radius 3 is 2.33 bits per heavy atom. The summed E-state index contributed by atoms with van der Waals surface area (Å²) < 4.78 is -1.22. The van der Waals surface area contributed by atoms with E-state index in [2.05, 4.69) is 19.1 Å². The molecule has 0 aromatic rings. The van der Waals surface area contributed by atoms with Gasteiger partial charge in [0.25, 0.3) is 0 Å². The Morgan fingerprint density at radius 2 is 1.94 bits per heavy atom. The van der Waals surface area contributed by atoms with Gasteiger partial charge in [-0.1, -0.05) is 54.4 Å². The molecule has 0 spiro atoms. The molecule has 1 nitrogen and oxygen atoms in total. The average molecular weight is 280 g/mol. The van der Waals surface area contributed by atoms with E-state index < -0.39 is 4.33 Å². The number of likely N-dealkylation sites (N-methyl/N-ethyl adjacent to an activating group) is 1. The molecule has 1 aliphatic rings. The quantitative estimate of drug-likeness (QED) is 0.541. The van der Waals surface area contributed by atoms with Gasteiger partial charge in [0.2, 0.25) is 0 Å². The minimum absolute atomic E-state index is 0.666. The highest BCUT2D eigenvalue weighted by Gasteiger charge is 2.41. The van der Waals surface area contributed by atoms with Crippen LogP contribution in [0.1, 0.15) is 6.92 Å². The van der Waals surface area contributed by atoms with Gasteiger partial charge in [-0.3, -0.25) is 0 Å². The SMILES string of the molecule is C#CC=C1/C(=C\C)N(C)C(C=C)=C(C=C)C1(Cl)Cl. The van der Waals surface area contributed by atoms with E-state index in [1.165, 1.54) is 0 Å². The van der Waals surface area contributed by atoms with Crippen molar-refractivity contribution in [2.45, 2.75) is 11.3 Å². The number of rotatable bonds is 2. The first-order valence-electron chi connectivity index (χ1n) is 5.40. The molecular formula is C15H15Cl2N. The summed E-state index contributed by atoms with van der Waals surface area (Å²) >= 11 is 12.9. The number of alkyl halides is 2. The van der Waals surface area contributed by atoms with E-state index >= 15 is 0 Å². The van der Waals surface area contributed by atoms with Crippen LogP contribution >= 0.6 is 23.2 Å². The molecule has 0 aliphatic carbocycles. The maximum absolute atomic E-state index is 6.45. The minimum Gasteiger partial charge on any atom is -0.344 e. The van der Waals surface area contributed by atoms with E-state index in [1.54, 1.807) is 18.2 Å². The van der Waals surface area contributed by atoms with Gasteiger partial charge in [-0.2, -0.15) is 0 Å². The largest absolute Gasteiger partial charge is 0.344 e. The third-order valence-corrected chi connectivity index (χ3v) is 3.66. The van der Waals surface area contributed by atoms with E-state index in [0.29, 0.717) is 11.1 Å². The van der Waals surface area contributed by atoms with E-state index in [4.69, 9.17) is 29.6 Å². The third-order valence-electron chi connectivity index (χ3n) is 2.85. The van der Waals surface area contributed by atoms with Crippen molar-refractivity contribution in [2.24, 2.45) is 0 Å². The predicted molar refractivity (Wildman–Crippen MR) is 80.3 cm³/mol. The normalized spacial score (nSPS) is 23.2. The summed E-state index contributed by atoms with van der Waals surface area (Å²) in [5, 5.41) is 0. The van der Waals surface area contributed by atoms with Crippen LogP contribution in [-0.4, -0.2) is 16.3 Å². The van der Waals surface area contributed by atoms with E-state index in [-0.39, 0.29) is 0 Å². The fourth-order valence-electron chi connectivity index (χ4n) is 2.03. The number of hydrogen-bond donors (Lipinski definition) is 0. The summed E-state index contributed by atoms with van der Waals surface area (Å²) in [6, 6.07) is 0. The Hall–Kier alpha value is -1.36. The molecule has 18 heavy (non-hydrogen) atoms. The zero-order valence-corrected chi connectivity index (χ0v) is 12.0. The molecular weight excluding hydrogens is 265 g/mol. The summed E-state index contributed by atoms with van der Waals surface area (Å²) in [5.74, 6) is 2.47.